The summed E-state index contributed by atoms with van der Waals surface area (Å²) in [6.45, 7) is 9.25. The summed E-state index contributed by atoms with van der Waals surface area (Å²) in [5.41, 5.74) is 2.42. The Morgan fingerprint density at radius 1 is 1.30 bits per heavy atom. The lowest BCUT2D eigenvalue weighted by molar-refractivity contribution is -0.139. The largest absolute Gasteiger partial charge is 0.481 e. The van der Waals surface area contributed by atoms with Gasteiger partial charge in [-0.2, -0.15) is 0 Å². The summed E-state index contributed by atoms with van der Waals surface area (Å²) in [7, 11) is 0. The van der Waals surface area contributed by atoms with Gasteiger partial charge in [0, 0.05) is 18.7 Å². The molecule has 0 spiro atoms. The van der Waals surface area contributed by atoms with Crippen LogP contribution >= 0.6 is 0 Å². The van der Waals surface area contributed by atoms with E-state index in [-0.39, 0.29) is 17.9 Å². The smallest absolute Gasteiger partial charge is 0.341 e. The minimum atomic E-state index is -1.01. The number of carboxylic acid groups (broad SMARTS) is 1. The van der Waals surface area contributed by atoms with Crippen LogP contribution in [0, 0.1) is 19.3 Å². The van der Waals surface area contributed by atoms with E-state index in [1.807, 2.05) is 18.7 Å². The van der Waals surface area contributed by atoms with Crippen LogP contribution in [0.2, 0.25) is 0 Å². The molecule has 0 radical (unpaired) electrons. The number of hydrogen-bond donors (Lipinski definition) is 1. The first-order valence-electron chi connectivity index (χ1n) is 8.01. The Kier molecular flexibility index (Phi) is 4.97. The molecule has 0 aliphatic carbocycles. The molecule has 1 aliphatic heterocycles. The second-order valence-electron chi connectivity index (χ2n) is 6.76. The summed E-state index contributed by atoms with van der Waals surface area (Å²) >= 11 is 0. The lowest BCUT2D eigenvalue weighted by atomic mass is 9.87. The summed E-state index contributed by atoms with van der Waals surface area (Å²) in [5, 5.41) is 8.73. The standard InChI is InChI=1S/C18H25NO4/c1-5-18(4)6-7-19(11-18)17(22)14-8-12(2)16(13(3)9-14)23-10-15(20)21/h8-9H,5-7,10-11H2,1-4H3,(H,20,21). The van der Waals surface area contributed by atoms with Gasteiger partial charge in [0.1, 0.15) is 5.75 Å². The zero-order chi connectivity index (χ0) is 17.2. The summed E-state index contributed by atoms with van der Waals surface area (Å²) in [5.74, 6) is -0.429. The molecule has 1 atom stereocenters. The summed E-state index contributed by atoms with van der Waals surface area (Å²) < 4.78 is 5.32. The Balaban J connectivity index is 2.18. The van der Waals surface area contributed by atoms with Crippen molar-refractivity contribution in [1.82, 2.24) is 4.90 Å². The molecule has 23 heavy (non-hydrogen) atoms. The number of carbonyl (C=O) groups excluding carboxylic acids is 1. The molecule has 5 nitrogen and oxygen atoms in total. The topological polar surface area (TPSA) is 66.8 Å². The van der Waals surface area contributed by atoms with Gasteiger partial charge in [0.05, 0.1) is 0 Å². The van der Waals surface area contributed by atoms with Crippen LogP contribution in [0.4, 0.5) is 0 Å². The van der Waals surface area contributed by atoms with Crippen LogP contribution in [-0.4, -0.2) is 41.6 Å². The van der Waals surface area contributed by atoms with Crippen LogP contribution in [0.3, 0.4) is 0 Å². The van der Waals surface area contributed by atoms with E-state index in [0.29, 0.717) is 11.3 Å². The fraction of sp³-hybridized carbons (Fsp3) is 0.556. The normalized spacial score (nSPS) is 20.6. The van der Waals surface area contributed by atoms with Gasteiger partial charge in [0.15, 0.2) is 6.61 Å². The van der Waals surface area contributed by atoms with Crippen molar-refractivity contribution in [2.24, 2.45) is 5.41 Å². The monoisotopic (exact) mass is 319 g/mol. The van der Waals surface area contributed by atoms with Gasteiger partial charge in [-0.05, 0) is 55.4 Å². The molecule has 5 heteroatoms. The van der Waals surface area contributed by atoms with Gasteiger partial charge in [-0.25, -0.2) is 4.79 Å². The molecule has 0 aromatic heterocycles. The molecule has 1 aromatic carbocycles. The lowest BCUT2D eigenvalue weighted by Gasteiger charge is -2.23. The van der Waals surface area contributed by atoms with Crippen molar-refractivity contribution in [2.75, 3.05) is 19.7 Å². The highest BCUT2D eigenvalue weighted by atomic mass is 16.5. The van der Waals surface area contributed by atoms with Gasteiger partial charge >= 0.3 is 5.97 Å². The third-order valence-corrected chi connectivity index (χ3v) is 4.75. The third-order valence-electron chi connectivity index (χ3n) is 4.75. The number of carbonyl (C=O) groups is 2. The van der Waals surface area contributed by atoms with E-state index in [0.717, 1.165) is 37.1 Å². The number of carboxylic acids is 1. The van der Waals surface area contributed by atoms with Crippen molar-refractivity contribution >= 4 is 11.9 Å². The van der Waals surface area contributed by atoms with Gasteiger partial charge in [0.2, 0.25) is 0 Å². The second kappa shape index (κ2) is 6.60. The molecule has 1 amide bonds. The quantitative estimate of drug-likeness (QED) is 0.906. The third kappa shape index (κ3) is 3.84. The van der Waals surface area contributed by atoms with Crippen molar-refractivity contribution in [2.45, 2.75) is 40.5 Å². The minimum absolute atomic E-state index is 0.0400. The van der Waals surface area contributed by atoms with Crippen molar-refractivity contribution in [3.63, 3.8) is 0 Å². The molecule has 1 heterocycles. The highest BCUT2D eigenvalue weighted by molar-refractivity contribution is 5.95. The van der Waals surface area contributed by atoms with Crippen LogP contribution < -0.4 is 4.74 Å². The molecule has 1 fully saturated rings. The number of ether oxygens (including phenoxy) is 1. The molecule has 1 N–H and O–H groups in total. The van der Waals surface area contributed by atoms with Crippen molar-refractivity contribution in [3.8, 4) is 5.75 Å². The molecule has 1 aromatic rings. The fourth-order valence-electron chi connectivity index (χ4n) is 3.10. The highest BCUT2D eigenvalue weighted by Crippen LogP contribution is 2.34. The van der Waals surface area contributed by atoms with E-state index in [9.17, 15) is 9.59 Å². The predicted octanol–water partition coefficient (Wildman–Crippen LogP) is 3.03. The van der Waals surface area contributed by atoms with E-state index in [1.54, 1.807) is 12.1 Å². The molecular weight excluding hydrogens is 294 g/mol. The molecule has 0 saturated carbocycles. The Morgan fingerprint density at radius 2 is 1.91 bits per heavy atom. The number of benzene rings is 1. The number of likely N-dealkylation sites (tertiary alicyclic amines) is 1. The number of hydrogen-bond acceptors (Lipinski definition) is 3. The van der Waals surface area contributed by atoms with Crippen molar-refractivity contribution < 1.29 is 19.4 Å². The maximum atomic E-state index is 12.7. The Bertz CT molecular complexity index is 602. The van der Waals surface area contributed by atoms with Crippen LogP contribution in [0.5, 0.6) is 5.75 Å². The molecule has 1 aliphatic rings. The zero-order valence-electron chi connectivity index (χ0n) is 14.3. The van der Waals surface area contributed by atoms with Gasteiger partial charge in [0.25, 0.3) is 5.91 Å². The van der Waals surface area contributed by atoms with E-state index < -0.39 is 5.97 Å². The predicted molar refractivity (Wildman–Crippen MR) is 88.0 cm³/mol. The Labute approximate surface area is 137 Å². The maximum absolute atomic E-state index is 12.7. The summed E-state index contributed by atoms with van der Waals surface area (Å²) in [4.78, 5) is 25.3. The Morgan fingerprint density at radius 3 is 2.39 bits per heavy atom. The first-order valence-corrected chi connectivity index (χ1v) is 8.01. The maximum Gasteiger partial charge on any atom is 0.341 e. The number of amides is 1. The van der Waals surface area contributed by atoms with Crippen molar-refractivity contribution in [3.05, 3.63) is 28.8 Å². The highest BCUT2D eigenvalue weighted by Gasteiger charge is 2.34. The van der Waals surface area contributed by atoms with Crippen LogP contribution in [0.1, 0.15) is 48.2 Å². The first-order chi connectivity index (χ1) is 10.8. The molecule has 2 rings (SSSR count). The van der Waals surface area contributed by atoms with Gasteiger partial charge < -0.3 is 14.7 Å². The van der Waals surface area contributed by atoms with Crippen LogP contribution in [-0.2, 0) is 4.79 Å². The van der Waals surface area contributed by atoms with Gasteiger partial charge in [-0.1, -0.05) is 13.8 Å². The van der Waals surface area contributed by atoms with Crippen LogP contribution in [0.15, 0.2) is 12.1 Å². The van der Waals surface area contributed by atoms with E-state index in [4.69, 9.17) is 9.84 Å². The van der Waals surface area contributed by atoms with Gasteiger partial charge in [-0.15, -0.1) is 0 Å². The SMILES string of the molecule is CCC1(C)CCN(C(=O)c2cc(C)c(OCC(=O)O)c(C)c2)C1. The molecule has 1 saturated heterocycles. The average Bonchev–Trinajstić information content (AvgIpc) is 2.88. The lowest BCUT2D eigenvalue weighted by Crippen LogP contribution is -2.31. The van der Waals surface area contributed by atoms with Crippen molar-refractivity contribution in [1.29, 1.82) is 0 Å². The fourth-order valence-corrected chi connectivity index (χ4v) is 3.10. The summed E-state index contributed by atoms with van der Waals surface area (Å²) in [6, 6.07) is 3.57. The van der Waals surface area contributed by atoms with E-state index in [2.05, 4.69) is 13.8 Å². The summed E-state index contributed by atoms with van der Waals surface area (Å²) in [6.07, 6.45) is 2.10. The minimum Gasteiger partial charge on any atom is -0.481 e. The first kappa shape index (κ1) is 17.3. The molecular formula is C18H25NO4. The number of rotatable bonds is 5. The number of nitrogens with zero attached hydrogens (tertiary/aromatic N) is 1. The second-order valence-corrected chi connectivity index (χ2v) is 6.76. The number of aliphatic carboxylic acids is 1. The molecule has 0 bridgehead atoms. The molecule has 126 valence electrons. The molecule has 1 unspecified atom stereocenters. The zero-order valence-corrected chi connectivity index (χ0v) is 14.3. The average molecular weight is 319 g/mol. The van der Waals surface area contributed by atoms with Crippen LogP contribution in [0.25, 0.3) is 0 Å². The Hall–Kier alpha value is -2.04. The van der Waals surface area contributed by atoms with E-state index in [1.165, 1.54) is 0 Å². The van der Waals surface area contributed by atoms with E-state index >= 15 is 0 Å². The number of aryl methyl sites for hydroxylation is 2. The van der Waals surface area contributed by atoms with Gasteiger partial charge in [-0.3, -0.25) is 4.79 Å².